The minimum absolute atomic E-state index is 0.480. The first kappa shape index (κ1) is 21.7. The van der Waals surface area contributed by atoms with Crippen molar-refractivity contribution in [2.75, 3.05) is 0 Å². The molecule has 0 aliphatic heterocycles. The van der Waals surface area contributed by atoms with Crippen LogP contribution < -0.4 is 0 Å². The highest BCUT2D eigenvalue weighted by Crippen LogP contribution is 2.66. The first-order valence-corrected chi connectivity index (χ1v) is 13.2. The average molecular weight is 397 g/mol. The highest BCUT2D eigenvalue weighted by molar-refractivity contribution is 5.34. The van der Waals surface area contributed by atoms with E-state index in [0.29, 0.717) is 10.8 Å². The van der Waals surface area contributed by atoms with Crippen LogP contribution in [0.2, 0.25) is 0 Å². The molecule has 0 bridgehead atoms. The van der Waals surface area contributed by atoms with Gasteiger partial charge in [-0.05, 0) is 109 Å². The first-order valence-electron chi connectivity index (χ1n) is 13.2. The van der Waals surface area contributed by atoms with Gasteiger partial charge < -0.3 is 0 Å². The molecule has 0 radical (unpaired) electrons. The van der Waals surface area contributed by atoms with Crippen molar-refractivity contribution in [2.45, 2.75) is 106 Å². The van der Waals surface area contributed by atoms with Gasteiger partial charge >= 0.3 is 0 Å². The molecule has 4 aliphatic rings. The minimum Gasteiger partial charge on any atom is -0.0842 e. The van der Waals surface area contributed by atoms with Crippen molar-refractivity contribution < 1.29 is 0 Å². The van der Waals surface area contributed by atoms with Gasteiger partial charge in [0.25, 0.3) is 0 Å². The van der Waals surface area contributed by atoms with E-state index in [4.69, 9.17) is 0 Å². The van der Waals surface area contributed by atoms with Crippen molar-refractivity contribution in [2.24, 2.45) is 52.3 Å². The number of fused-ring (bicyclic) bond motifs is 5. The zero-order valence-corrected chi connectivity index (χ0v) is 20.3. The Labute approximate surface area is 182 Å². The summed E-state index contributed by atoms with van der Waals surface area (Å²) >= 11 is 0. The summed E-state index contributed by atoms with van der Waals surface area (Å²) < 4.78 is 0. The molecule has 0 aromatic carbocycles. The largest absolute Gasteiger partial charge is 0.0842 e. The molecule has 0 aromatic rings. The maximum atomic E-state index is 2.73. The minimum atomic E-state index is 0.480. The fraction of sp³-hybridized carbons (Fsp3) is 0.862. The van der Waals surface area contributed by atoms with Crippen LogP contribution in [-0.2, 0) is 0 Å². The fourth-order valence-corrected chi connectivity index (χ4v) is 8.96. The van der Waals surface area contributed by atoms with Crippen molar-refractivity contribution >= 4 is 0 Å². The van der Waals surface area contributed by atoms with Gasteiger partial charge in [-0.15, -0.1) is 0 Å². The van der Waals surface area contributed by atoms with Gasteiger partial charge in [0, 0.05) is 0 Å². The van der Waals surface area contributed by atoms with Gasteiger partial charge in [-0.2, -0.15) is 0 Å². The molecular weight excluding hydrogens is 348 g/mol. The molecule has 0 N–H and O–H groups in total. The molecule has 2 fully saturated rings. The smallest absolute Gasteiger partial charge is 0.00445 e. The van der Waals surface area contributed by atoms with E-state index in [-0.39, 0.29) is 0 Å². The highest BCUT2D eigenvalue weighted by Gasteiger charge is 2.58. The molecule has 2 unspecified atom stereocenters. The zero-order valence-electron chi connectivity index (χ0n) is 20.3. The summed E-state index contributed by atoms with van der Waals surface area (Å²) in [6.07, 6.45) is 21.9. The second kappa shape index (κ2) is 8.20. The van der Waals surface area contributed by atoms with E-state index in [9.17, 15) is 0 Å². The Morgan fingerprint density at radius 1 is 1.00 bits per heavy atom. The molecule has 8 atom stereocenters. The molecule has 2 saturated carbocycles. The zero-order chi connectivity index (χ0) is 20.8. The van der Waals surface area contributed by atoms with Gasteiger partial charge in [-0.1, -0.05) is 72.6 Å². The highest BCUT2D eigenvalue weighted by atomic mass is 14.6. The second-order valence-corrected chi connectivity index (χ2v) is 12.3. The SMILES string of the molecule is CCC(CCC(C)[C@H]1CC[C@H]2[C@@H]3CC=C4C=CCC[C@]4(C)[C@H]3CC[C@]12C)C(C)C. The third kappa shape index (κ3) is 3.59. The summed E-state index contributed by atoms with van der Waals surface area (Å²) in [6, 6.07) is 0. The molecule has 4 rings (SSSR count). The summed E-state index contributed by atoms with van der Waals surface area (Å²) in [7, 11) is 0. The van der Waals surface area contributed by atoms with Crippen molar-refractivity contribution in [3.63, 3.8) is 0 Å². The molecule has 0 spiro atoms. The maximum Gasteiger partial charge on any atom is -0.00445 e. The van der Waals surface area contributed by atoms with Gasteiger partial charge in [0.05, 0.1) is 0 Å². The predicted molar refractivity (Wildman–Crippen MR) is 127 cm³/mol. The second-order valence-electron chi connectivity index (χ2n) is 12.3. The molecule has 29 heavy (non-hydrogen) atoms. The maximum absolute atomic E-state index is 2.73. The molecule has 0 aromatic heterocycles. The number of allylic oxidation sites excluding steroid dienone is 4. The van der Waals surface area contributed by atoms with Gasteiger partial charge in [-0.3, -0.25) is 0 Å². The Hall–Kier alpha value is -0.520. The van der Waals surface area contributed by atoms with Crippen LogP contribution in [0.3, 0.4) is 0 Å². The Kier molecular flexibility index (Phi) is 6.14. The number of hydrogen-bond donors (Lipinski definition) is 0. The van der Waals surface area contributed by atoms with E-state index >= 15 is 0 Å². The summed E-state index contributed by atoms with van der Waals surface area (Å²) in [6.45, 7) is 15.2. The normalized spacial score (nSPS) is 43.3. The molecular formula is C29H48. The molecule has 0 amide bonds. The fourth-order valence-electron chi connectivity index (χ4n) is 8.96. The summed E-state index contributed by atoms with van der Waals surface area (Å²) in [5.41, 5.74) is 2.79. The third-order valence-corrected chi connectivity index (χ3v) is 10.9. The third-order valence-electron chi connectivity index (χ3n) is 10.9. The lowest BCUT2D eigenvalue weighted by Crippen LogP contribution is -2.49. The summed E-state index contributed by atoms with van der Waals surface area (Å²) in [5.74, 6) is 6.57. The predicted octanol–water partition coefficient (Wildman–Crippen LogP) is 8.83. The lowest BCUT2D eigenvalue weighted by Gasteiger charge is -2.57. The van der Waals surface area contributed by atoms with Gasteiger partial charge in [0.2, 0.25) is 0 Å². The van der Waals surface area contributed by atoms with Crippen molar-refractivity contribution in [3.8, 4) is 0 Å². The molecule has 0 saturated heterocycles. The Morgan fingerprint density at radius 2 is 1.79 bits per heavy atom. The van der Waals surface area contributed by atoms with Crippen LogP contribution in [-0.4, -0.2) is 0 Å². The molecule has 0 nitrogen and oxygen atoms in total. The summed E-state index contributed by atoms with van der Waals surface area (Å²) in [5, 5.41) is 0. The number of rotatable bonds is 6. The molecule has 0 heterocycles. The lowest BCUT2D eigenvalue weighted by atomic mass is 9.47. The van der Waals surface area contributed by atoms with Crippen LogP contribution in [0.15, 0.2) is 23.8 Å². The van der Waals surface area contributed by atoms with E-state index in [1.807, 2.05) is 0 Å². The van der Waals surface area contributed by atoms with Crippen LogP contribution in [0.5, 0.6) is 0 Å². The quantitative estimate of drug-likeness (QED) is 0.420. The van der Waals surface area contributed by atoms with Crippen LogP contribution in [0.4, 0.5) is 0 Å². The molecule has 0 heteroatoms. The van der Waals surface area contributed by atoms with E-state index in [1.54, 1.807) is 5.57 Å². The van der Waals surface area contributed by atoms with E-state index < -0.39 is 0 Å². The Balaban J connectivity index is 1.48. The Morgan fingerprint density at radius 3 is 2.52 bits per heavy atom. The first-order chi connectivity index (χ1) is 13.8. The lowest BCUT2D eigenvalue weighted by molar-refractivity contribution is -0.0454. The molecule has 164 valence electrons. The summed E-state index contributed by atoms with van der Waals surface area (Å²) in [4.78, 5) is 0. The molecule has 4 aliphatic carbocycles. The topological polar surface area (TPSA) is 0 Å². The average Bonchev–Trinajstić information content (AvgIpc) is 3.05. The number of hydrogen-bond acceptors (Lipinski definition) is 0. The monoisotopic (exact) mass is 396 g/mol. The standard InChI is InChI=1S/C29H48/c1-7-22(20(2)3)12-11-21(4)25-15-16-26-24-14-13-23-10-8-9-18-28(23,5)27(24)17-19-29(25,26)6/h8,10,13,20-22,24-27H,7,9,11-12,14-19H2,1-6H3/t21?,22?,24-,25+,26-,27-,28-,29+/m0/s1. The van der Waals surface area contributed by atoms with Gasteiger partial charge in [0.1, 0.15) is 0 Å². The van der Waals surface area contributed by atoms with Crippen LogP contribution in [0.1, 0.15) is 106 Å². The van der Waals surface area contributed by atoms with E-state index in [0.717, 1.165) is 41.4 Å². The van der Waals surface area contributed by atoms with Crippen LogP contribution in [0, 0.1) is 52.3 Å². The van der Waals surface area contributed by atoms with Crippen molar-refractivity contribution in [1.29, 1.82) is 0 Å². The van der Waals surface area contributed by atoms with Crippen LogP contribution >= 0.6 is 0 Å². The van der Waals surface area contributed by atoms with Crippen molar-refractivity contribution in [3.05, 3.63) is 23.8 Å². The van der Waals surface area contributed by atoms with Crippen molar-refractivity contribution in [1.82, 2.24) is 0 Å². The Bertz CT molecular complexity index is 638. The van der Waals surface area contributed by atoms with E-state index in [1.165, 1.54) is 64.2 Å². The van der Waals surface area contributed by atoms with Gasteiger partial charge in [0.15, 0.2) is 0 Å². The van der Waals surface area contributed by atoms with E-state index in [2.05, 4.69) is 59.8 Å². The van der Waals surface area contributed by atoms with Gasteiger partial charge in [-0.25, -0.2) is 0 Å². The van der Waals surface area contributed by atoms with Crippen LogP contribution in [0.25, 0.3) is 0 Å².